The summed E-state index contributed by atoms with van der Waals surface area (Å²) in [4.78, 5) is 12.3. The second-order valence-electron chi connectivity index (χ2n) is 6.42. The molecule has 0 saturated carbocycles. The monoisotopic (exact) mass is 390 g/mol. The fourth-order valence-electron chi connectivity index (χ4n) is 3.05. The minimum Gasteiger partial charge on any atom is -0.377 e. The molecule has 28 heavy (non-hydrogen) atoms. The maximum atomic E-state index is 12.3. The number of carbonyl (C=O) groups excluding carboxylic acids is 1. The number of terminal acetylenes is 1. The Hall–Kier alpha value is -1.95. The Bertz CT molecular complexity index is 631. The van der Waals surface area contributed by atoms with Crippen LogP contribution in [0.2, 0.25) is 0 Å². The first-order valence-corrected chi connectivity index (χ1v) is 9.59. The number of nitrogens with one attached hydrogen (secondary N) is 1. The van der Waals surface area contributed by atoms with Gasteiger partial charge in [-0.2, -0.15) is 0 Å². The highest BCUT2D eigenvalue weighted by atomic mass is 16.6. The third-order valence-electron chi connectivity index (χ3n) is 4.47. The summed E-state index contributed by atoms with van der Waals surface area (Å²) in [5.41, 5.74) is 8.44. The predicted octanol–water partition coefficient (Wildman–Crippen LogP) is 0.675. The van der Waals surface area contributed by atoms with Gasteiger partial charge in [0.25, 0.3) is 0 Å². The predicted molar refractivity (Wildman–Crippen MR) is 106 cm³/mol. The van der Waals surface area contributed by atoms with Crippen molar-refractivity contribution in [3.05, 3.63) is 35.4 Å². The van der Waals surface area contributed by atoms with Gasteiger partial charge in [-0.1, -0.05) is 30.2 Å². The van der Waals surface area contributed by atoms with E-state index < -0.39 is 0 Å². The maximum absolute atomic E-state index is 12.3. The zero-order valence-corrected chi connectivity index (χ0v) is 16.2. The smallest absolute Gasteiger partial charge is 0.225 e. The quantitative estimate of drug-likeness (QED) is 0.358. The van der Waals surface area contributed by atoms with Crippen LogP contribution in [0.1, 0.15) is 17.2 Å². The maximum Gasteiger partial charge on any atom is 0.225 e. The molecule has 0 fully saturated rings. The summed E-state index contributed by atoms with van der Waals surface area (Å²) in [6.45, 7) is 4.12. The zero-order chi connectivity index (χ0) is 20.0. The normalized spacial score (nSPS) is 17.9. The van der Waals surface area contributed by atoms with Gasteiger partial charge in [0.1, 0.15) is 6.61 Å². The van der Waals surface area contributed by atoms with Crippen molar-refractivity contribution in [3.8, 4) is 12.3 Å². The SMILES string of the molecule is C#CCOCCOCCOCCOCCNC(=O)[C@H]1Cc2ccccc2[C@H]1N. The van der Waals surface area contributed by atoms with E-state index in [-0.39, 0.29) is 17.9 Å². The van der Waals surface area contributed by atoms with Gasteiger partial charge in [0, 0.05) is 12.6 Å². The first-order chi connectivity index (χ1) is 13.7. The molecule has 154 valence electrons. The number of hydrogen-bond acceptors (Lipinski definition) is 6. The fraction of sp³-hybridized carbons (Fsp3) is 0.571. The van der Waals surface area contributed by atoms with Gasteiger partial charge in [0.05, 0.1) is 52.2 Å². The number of benzene rings is 1. The van der Waals surface area contributed by atoms with E-state index >= 15 is 0 Å². The molecule has 1 amide bonds. The van der Waals surface area contributed by atoms with Crippen LogP contribution in [-0.2, 0) is 30.2 Å². The average molecular weight is 390 g/mol. The van der Waals surface area contributed by atoms with Gasteiger partial charge in [-0.05, 0) is 17.5 Å². The molecule has 0 aliphatic heterocycles. The van der Waals surface area contributed by atoms with Crippen LogP contribution in [0.25, 0.3) is 0 Å². The van der Waals surface area contributed by atoms with E-state index in [0.717, 1.165) is 11.1 Å². The molecule has 0 spiro atoms. The Balaban J connectivity index is 1.41. The summed E-state index contributed by atoms with van der Waals surface area (Å²) in [5, 5.41) is 2.90. The lowest BCUT2D eigenvalue weighted by molar-refractivity contribution is -0.125. The number of rotatable bonds is 14. The third kappa shape index (κ3) is 7.58. The average Bonchev–Trinajstić information content (AvgIpc) is 3.05. The zero-order valence-electron chi connectivity index (χ0n) is 16.2. The van der Waals surface area contributed by atoms with Crippen LogP contribution in [0, 0.1) is 18.3 Å². The number of fused-ring (bicyclic) bond motifs is 1. The Morgan fingerprint density at radius 3 is 2.29 bits per heavy atom. The molecule has 1 aliphatic carbocycles. The largest absolute Gasteiger partial charge is 0.377 e. The molecular formula is C21H30N2O5. The molecule has 2 rings (SSSR count). The third-order valence-corrected chi connectivity index (χ3v) is 4.47. The lowest BCUT2D eigenvalue weighted by Gasteiger charge is -2.16. The van der Waals surface area contributed by atoms with Crippen LogP contribution < -0.4 is 11.1 Å². The van der Waals surface area contributed by atoms with Gasteiger partial charge in [0.2, 0.25) is 5.91 Å². The molecule has 2 atom stereocenters. The van der Waals surface area contributed by atoms with E-state index in [1.807, 2.05) is 24.3 Å². The second-order valence-corrected chi connectivity index (χ2v) is 6.42. The summed E-state index contributed by atoms with van der Waals surface area (Å²) in [6, 6.07) is 7.72. The van der Waals surface area contributed by atoms with Gasteiger partial charge in [-0.15, -0.1) is 6.42 Å². The first-order valence-electron chi connectivity index (χ1n) is 9.59. The van der Waals surface area contributed by atoms with Crippen molar-refractivity contribution in [1.29, 1.82) is 0 Å². The van der Waals surface area contributed by atoms with Gasteiger partial charge in [0.15, 0.2) is 0 Å². The summed E-state index contributed by atoms with van der Waals surface area (Å²) in [6.07, 6.45) is 5.75. The van der Waals surface area contributed by atoms with Crippen molar-refractivity contribution in [2.75, 3.05) is 59.4 Å². The molecule has 0 radical (unpaired) electrons. The highest BCUT2D eigenvalue weighted by Crippen LogP contribution is 2.34. The number of hydrogen-bond donors (Lipinski definition) is 2. The fourth-order valence-corrected chi connectivity index (χ4v) is 3.05. The number of nitrogens with two attached hydrogens (primary N) is 1. The Labute approximate surface area is 166 Å². The first kappa shape index (κ1) is 22.3. The molecule has 0 unspecified atom stereocenters. The molecule has 7 heteroatoms. The molecule has 1 aromatic carbocycles. The standard InChI is InChI=1S/C21H30N2O5/c1-2-8-25-10-12-27-14-15-28-13-11-26-9-7-23-21(24)19-16-17-5-3-4-6-18(17)20(19)22/h1,3-6,19-20H,7-16,22H2,(H,23,24)/t19-,20+/m0/s1. The van der Waals surface area contributed by atoms with Crippen molar-refractivity contribution in [2.24, 2.45) is 11.7 Å². The second kappa shape index (κ2) is 13.3. The molecule has 0 bridgehead atoms. The number of amides is 1. The minimum atomic E-state index is -0.239. The molecule has 3 N–H and O–H groups in total. The molecule has 1 aromatic rings. The highest BCUT2D eigenvalue weighted by molar-refractivity contribution is 5.81. The summed E-state index contributed by atoms with van der Waals surface area (Å²) in [5.74, 6) is 2.16. The van der Waals surface area contributed by atoms with E-state index in [1.54, 1.807) is 0 Å². The van der Waals surface area contributed by atoms with Gasteiger partial charge in [-0.25, -0.2) is 0 Å². The molecule has 0 aromatic heterocycles. The van der Waals surface area contributed by atoms with Crippen LogP contribution in [0.4, 0.5) is 0 Å². The van der Waals surface area contributed by atoms with Crippen molar-refractivity contribution < 1.29 is 23.7 Å². The van der Waals surface area contributed by atoms with E-state index in [4.69, 9.17) is 31.1 Å². The van der Waals surface area contributed by atoms with Gasteiger partial charge >= 0.3 is 0 Å². The van der Waals surface area contributed by atoms with Crippen molar-refractivity contribution in [1.82, 2.24) is 5.32 Å². The molecule has 0 saturated heterocycles. The van der Waals surface area contributed by atoms with E-state index in [0.29, 0.717) is 65.8 Å². The summed E-state index contributed by atoms with van der Waals surface area (Å²) in [7, 11) is 0. The Morgan fingerprint density at radius 2 is 1.64 bits per heavy atom. The Morgan fingerprint density at radius 1 is 1.04 bits per heavy atom. The lowest BCUT2D eigenvalue weighted by atomic mass is 10.0. The molecule has 0 heterocycles. The summed E-state index contributed by atoms with van der Waals surface area (Å²) < 4.78 is 21.2. The molecular weight excluding hydrogens is 360 g/mol. The Kier molecular flexibility index (Phi) is 10.6. The van der Waals surface area contributed by atoms with Crippen LogP contribution in [0.5, 0.6) is 0 Å². The van der Waals surface area contributed by atoms with Crippen LogP contribution >= 0.6 is 0 Å². The molecule has 7 nitrogen and oxygen atoms in total. The van der Waals surface area contributed by atoms with Crippen molar-refractivity contribution in [3.63, 3.8) is 0 Å². The summed E-state index contributed by atoms with van der Waals surface area (Å²) >= 11 is 0. The number of carbonyl (C=O) groups is 1. The van der Waals surface area contributed by atoms with Crippen LogP contribution in [-0.4, -0.2) is 65.3 Å². The van der Waals surface area contributed by atoms with E-state index in [9.17, 15) is 4.79 Å². The van der Waals surface area contributed by atoms with Crippen LogP contribution in [0.3, 0.4) is 0 Å². The minimum absolute atomic E-state index is 0.0214. The van der Waals surface area contributed by atoms with E-state index in [2.05, 4.69) is 11.2 Å². The van der Waals surface area contributed by atoms with Crippen LogP contribution in [0.15, 0.2) is 24.3 Å². The van der Waals surface area contributed by atoms with Crippen molar-refractivity contribution >= 4 is 5.91 Å². The number of ether oxygens (including phenoxy) is 4. The van der Waals surface area contributed by atoms with Crippen molar-refractivity contribution in [2.45, 2.75) is 12.5 Å². The lowest BCUT2D eigenvalue weighted by Crippen LogP contribution is -2.37. The van der Waals surface area contributed by atoms with E-state index in [1.165, 1.54) is 0 Å². The molecule has 1 aliphatic rings. The highest BCUT2D eigenvalue weighted by Gasteiger charge is 2.34. The topological polar surface area (TPSA) is 92.0 Å². The van der Waals surface area contributed by atoms with Gasteiger partial charge in [-0.3, -0.25) is 4.79 Å². The van der Waals surface area contributed by atoms with Gasteiger partial charge < -0.3 is 30.0 Å².